The molecule has 0 aliphatic carbocycles. The molecule has 0 fully saturated rings. The number of rotatable bonds is 6. The Kier molecular flexibility index (Phi) is 4.43. The van der Waals surface area contributed by atoms with Crippen LogP contribution in [0.4, 0.5) is 0 Å². The molecule has 7 heteroatoms. The van der Waals surface area contributed by atoms with Gasteiger partial charge in [0, 0.05) is 5.56 Å². The predicted octanol–water partition coefficient (Wildman–Crippen LogP) is 1.26. The summed E-state index contributed by atoms with van der Waals surface area (Å²) in [6.45, 7) is -0.236. The van der Waals surface area contributed by atoms with Crippen LogP contribution < -0.4 is 9.46 Å². The van der Waals surface area contributed by atoms with E-state index in [1.54, 1.807) is 12.1 Å². The minimum atomic E-state index is -3.67. The van der Waals surface area contributed by atoms with Crippen LogP contribution in [-0.4, -0.2) is 20.6 Å². The smallest absolute Gasteiger partial charge is 0.240 e. The van der Waals surface area contributed by atoms with Crippen LogP contribution in [0.5, 0.6) is 5.75 Å². The highest BCUT2D eigenvalue weighted by atomic mass is 32.2. The number of nitrogens with one attached hydrogen (secondary N) is 1. The summed E-state index contributed by atoms with van der Waals surface area (Å²) in [5.41, 5.74) is 0.411. The molecule has 0 aliphatic rings. The molecule has 1 heterocycles. The molecule has 0 unspecified atom stereocenters. The molecular formula is C13H15NO5S. The Balaban J connectivity index is 2.20. The van der Waals surface area contributed by atoms with Gasteiger partial charge in [-0.25, -0.2) is 13.1 Å². The molecule has 2 rings (SSSR count). The van der Waals surface area contributed by atoms with Gasteiger partial charge in [-0.2, -0.15) is 0 Å². The predicted molar refractivity (Wildman–Crippen MR) is 71.7 cm³/mol. The number of hydrogen-bond acceptors (Lipinski definition) is 5. The summed E-state index contributed by atoms with van der Waals surface area (Å²) in [7, 11) is -2.21. The topological polar surface area (TPSA) is 88.8 Å². The summed E-state index contributed by atoms with van der Waals surface area (Å²) in [6, 6.07) is 7.66. The third kappa shape index (κ3) is 3.19. The van der Waals surface area contributed by atoms with Gasteiger partial charge in [0.05, 0.1) is 31.4 Å². The fourth-order valence-corrected chi connectivity index (χ4v) is 2.75. The first kappa shape index (κ1) is 14.6. The van der Waals surface area contributed by atoms with Crippen molar-refractivity contribution in [3.63, 3.8) is 0 Å². The lowest BCUT2D eigenvalue weighted by atomic mass is 10.2. The van der Waals surface area contributed by atoms with Crippen molar-refractivity contribution in [3.05, 3.63) is 47.9 Å². The third-order valence-corrected chi connectivity index (χ3v) is 4.15. The van der Waals surface area contributed by atoms with Crippen LogP contribution in [0.25, 0.3) is 0 Å². The summed E-state index contributed by atoms with van der Waals surface area (Å²) in [5.74, 6) is 0.960. The SMILES string of the molecule is COc1ccc(S(=O)(=O)NCc2ccco2)cc1CO. The van der Waals surface area contributed by atoms with Gasteiger partial charge in [-0.3, -0.25) is 0 Å². The number of benzene rings is 1. The van der Waals surface area contributed by atoms with E-state index in [1.807, 2.05) is 0 Å². The maximum absolute atomic E-state index is 12.1. The van der Waals surface area contributed by atoms with Gasteiger partial charge in [-0.05, 0) is 30.3 Å². The molecule has 1 aromatic heterocycles. The fourth-order valence-electron chi connectivity index (χ4n) is 1.71. The Morgan fingerprint density at radius 3 is 2.75 bits per heavy atom. The van der Waals surface area contributed by atoms with E-state index >= 15 is 0 Å². The second kappa shape index (κ2) is 6.08. The molecule has 0 bridgehead atoms. The molecule has 0 saturated heterocycles. The first-order valence-corrected chi connectivity index (χ1v) is 7.35. The minimum Gasteiger partial charge on any atom is -0.496 e. The number of aliphatic hydroxyl groups excluding tert-OH is 1. The lowest BCUT2D eigenvalue weighted by Gasteiger charge is -2.10. The van der Waals surface area contributed by atoms with E-state index in [2.05, 4.69) is 4.72 Å². The maximum atomic E-state index is 12.1. The van der Waals surface area contributed by atoms with Crippen molar-refractivity contribution >= 4 is 10.0 Å². The van der Waals surface area contributed by atoms with E-state index in [1.165, 1.54) is 31.6 Å². The number of furan rings is 1. The zero-order valence-corrected chi connectivity index (χ0v) is 11.7. The molecule has 2 N–H and O–H groups in total. The molecule has 0 saturated carbocycles. The maximum Gasteiger partial charge on any atom is 0.240 e. The molecule has 0 aliphatic heterocycles. The van der Waals surface area contributed by atoms with E-state index < -0.39 is 10.0 Å². The second-order valence-corrected chi connectivity index (χ2v) is 5.80. The molecule has 20 heavy (non-hydrogen) atoms. The highest BCUT2D eigenvalue weighted by Gasteiger charge is 2.16. The van der Waals surface area contributed by atoms with Crippen LogP contribution in [0.1, 0.15) is 11.3 Å². The van der Waals surface area contributed by atoms with Crippen molar-refractivity contribution in [2.45, 2.75) is 18.0 Å². The zero-order valence-electron chi connectivity index (χ0n) is 10.9. The molecule has 0 atom stereocenters. The summed E-state index contributed by atoms with van der Waals surface area (Å²) in [6.07, 6.45) is 1.47. The third-order valence-electron chi connectivity index (χ3n) is 2.75. The fraction of sp³-hybridized carbons (Fsp3) is 0.231. The van der Waals surface area contributed by atoms with Crippen molar-refractivity contribution in [2.24, 2.45) is 0 Å². The van der Waals surface area contributed by atoms with Gasteiger partial charge in [-0.1, -0.05) is 0 Å². The van der Waals surface area contributed by atoms with Crippen molar-refractivity contribution in [3.8, 4) is 5.75 Å². The van der Waals surface area contributed by atoms with Gasteiger partial charge in [0.15, 0.2) is 0 Å². The molecule has 0 radical (unpaired) electrons. The summed E-state index contributed by atoms with van der Waals surface area (Å²) in [4.78, 5) is 0.0638. The van der Waals surface area contributed by atoms with Crippen LogP contribution in [-0.2, 0) is 23.2 Å². The van der Waals surface area contributed by atoms with Crippen LogP contribution in [0, 0.1) is 0 Å². The first-order valence-electron chi connectivity index (χ1n) is 5.86. The standard InChI is InChI=1S/C13H15NO5S/c1-18-13-5-4-12(7-10(13)9-15)20(16,17)14-8-11-3-2-6-19-11/h2-7,14-15H,8-9H2,1H3. The number of aliphatic hydroxyl groups is 1. The van der Waals surface area contributed by atoms with Crippen molar-refractivity contribution in [1.29, 1.82) is 0 Å². The van der Waals surface area contributed by atoms with E-state index in [0.29, 0.717) is 17.1 Å². The van der Waals surface area contributed by atoms with E-state index in [-0.39, 0.29) is 18.0 Å². The highest BCUT2D eigenvalue weighted by molar-refractivity contribution is 7.89. The summed E-state index contributed by atoms with van der Waals surface area (Å²) in [5, 5.41) is 9.21. The van der Waals surface area contributed by atoms with Crippen LogP contribution in [0.15, 0.2) is 45.9 Å². The Morgan fingerprint density at radius 1 is 1.35 bits per heavy atom. The summed E-state index contributed by atoms with van der Waals surface area (Å²) < 4.78 is 36.8. The lowest BCUT2D eigenvalue weighted by Crippen LogP contribution is -2.23. The minimum absolute atomic E-state index is 0.0638. The lowest BCUT2D eigenvalue weighted by molar-refractivity contribution is 0.273. The van der Waals surface area contributed by atoms with Crippen LogP contribution >= 0.6 is 0 Å². The monoisotopic (exact) mass is 297 g/mol. The van der Waals surface area contributed by atoms with Crippen molar-refractivity contribution < 1.29 is 22.7 Å². The van der Waals surface area contributed by atoms with Crippen molar-refractivity contribution in [1.82, 2.24) is 4.72 Å². The molecule has 0 amide bonds. The molecule has 108 valence electrons. The van der Waals surface area contributed by atoms with E-state index in [4.69, 9.17) is 9.15 Å². The van der Waals surface area contributed by atoms with Crippen LogP contribution in [0.3, 0.4) is 0 Å². The average molecular weight is 297 g/mol. The Bertz CT molecular complexity index is 664. The molecular weight excluding hydrogens is 282 g/mol. The first-order chi connectivity index (χ1) is 9.56. The quantitative estimate of drug-likeness (QED) is 0.838. The number of methoxy groups -OCH3 is 1. The van der Waals surface area contributed by atoms with E-state index in [9.17, 15) is 13.5 Å². The number of sulfonamides is 1. The number of ether oxygens (including phenoxy) is 1. The molecule has 1 aromatic carbocycles. The average Bonchev–Trinajstić information content (AvgIpc) is 2.97. The molecule has 0 spiro atoms. The summed E-state index contributed by atoms with van der Waals surface area (Å²) >= 11 is 0. The highest BCUT2D eigenvalue weighted by Crippen LogP contribution is 2.22. The normalized spacial score (nSPS) is 11.5. The molecule has 6 nitrogen and oxygen atoms in total. The van der Waals surface area contributed by atoms with Crippen LogP contribution in [0.2, 0.25) is 0 Å². The second-order valence-electron chi connectivity index (χ2n) is 4.04. The Morgan fingerprint density at radius 2 is 2.15 bits per heavy atom. The van der Waals surface area contributed by atoms with Gasteiger partial charge in [0.1, 0.15) is 11.5 Å². The molecule has 2 aromatic rings. The van der Waals surface area contributed by atoms with Crippen molar-refractivity contribution in [2.75, 3.05) is 7.11 Å². The Hall–Kier alpha value is -1.83. The zero-order chi connectivity index (χ0) is 14.6. The largest absolute Gasteiger partial charge is 0.496 e. The van der Waals surface area contributed by atoms with Gasteiger partial charge < -0.3 is 14.3 Å². The van der Waals surface area contributed by atoms with Gasteiger partial charge >= 0.3 is 0 Å². The van der Waals surface area contributed by atoms with Gasteiger partial charge in [0.2, 0.25) is 10.0 Å². The van der Waals surface area contributed by atoms with Gasteiger partial charge in [-0.15, -0.1) is 0 Å². The van der Waals surface area contributed by atoms with Gasteiger partial charge in [0.25, 0.3) is 0 Å². The Labute approximate surface area is 117 Å². The van der Waals surface area contributed by atoms with E-state index in [0.717, 1.165) is 0 Å². The number of hydrogen-bond donors (Lipinski definition) is 2.